The Labute approximate surface area is 76.2 Å². The third-order valence-electron chi connectivity index (χ3n) is 1.09. The van der Waals surface area contributed by atoms with Crippen molar-refractivity contribution in [3.63, 3.8) is 0 Å². The summed E-state index contributed by atoms with van der Waals surface area (Å²) in [5, 5.41) is 1.06. The fourth-order valence-corrected chi connectivity index (χ4v) is 2.94. The van der Waals surface area contributed by atoms with E-state index < -0.39 is 0 Å². The van der Waals surface area contributed by atoms with E-state index >= 15 is 0 Å². The van der Waals surface area contributed by atoms with Gasteiger partial charge < -0.3 is 0 Å². The standard InChI is InChI=1S/C9H8S2/c1-3-5-8-9(6-4-2)11-7-10-8/h7H2,1-2H3. The molecule has 11 heavy (non-hydrogen) atoms. The number of allylic oxidation sites excluding steroid dienone is 2. The number of thioether (sulfide) groups is 2. The molecule has 0 saturated heterocycles. The van der Waals surface area contributed by atoms with Crippen LogP contribution in [-0.2, 0) is 0 Å². The van der Waals surface area contributed by atoms with E-state index in [2.05, 4.69) is 23.7 Å². The normalized spacial score (nSPS) is 15.1. The van der Waals surface area contributed by atoms with Gasteiger partial charge >= 0.3 is 0 Å². The third-order valence-corrected chi connectivity index (χ3v) is 3.35. The molecule has 1 rings (SSSR count). The van der Waals surface area contributed by atoms with Crippen molar-refractivity contribution in [1.82, 2.24) is 0 Å². The molecule has 0 aromatic heterocycles. The highest BCUT2D eigenvalue weighted by atomic mass is 32.2. The van der Waals surface area contributed by atoms with Crippen molar-refractivity contribution in [1.29, 1.82) is 0 Å². The smallest absolute Gasteiger partial charge is 0.0803 e. The summed E-state index contributed by atoms with van der Waals surface area (Å²) in [5.41, 5.74) is 0. The van der Waals surface area contributed by atoms with E-state index in [4.69, 9.17) is 0 Å². The highest BCUT2D eigenvalue weighted by molar-refractivity contribution is 8.22. The van der Waals surface area contributed by atoms with Crippen LogP contribution in [0, 0.1) is 23.7 Å². The zero-order chi connectivity index (χ0) is 8.10. The van der Waals surface area contributed by atoms with E-state index in [1.165, 1.54) is 0 Å². The molecular formula is C9H8S2. The second-order valence-electron chi connectivity index (χ2n) is 1.81. The van der Waals surface area contributed by atoms with Crippen molar-refractivity contribution in [2.75, 3.05) is 5.08 Å². The first-order valence-corrected chi connectivity index (χ1v) is 5.21. The van der Waals surface area contributed by atoms with E-state index in [0.717, 1.165) is 14.9 Å². The zero-order valence-corrected chi connectivity index (χ0v) is 8.16. The Morgan fingerprint density at radius 2 is 1.45 bits per heavy atom. The summed E-state index contributed by atoms with van der Waals surface area (Å²) in [6.45, 7) is 3.71. The van der Waals surface area contributed by atoms with Crippen LogP contribution in [0.15, 0.2) is 9.81 Å². The number of rotatable bonds is 0. The molecule has 0 spiro atoms. The summed E-state index contributed by atoms with van der Waals surface area (Å²) in [4.78, 5) is 2.29. The summed E-state index contributed by atoms with van der Waals surface area (Å²) in [6, 6.07) is 0. The Kier molecular flexibility index (Phi) is 3.49. The van der Waals surface area contributed by atoms with Crippen LogP contribution >= 0.6 is 23.5 Å². The average Bonchev–Trinajstić information content (AvgIpc) is 2.39. The van der Waals surface area contributed by atoms with Gasteiger partial charge in [0.25, 0.3) is 0 Å². The minimum absolute atomic E-state index is 1.06. The van der Waals surface area contributed by atoms with E-state index in [1.54, 1.807) is 23.5 Å². The molecule has 1 aliphatic rings. The highest BCUT2D eigenvalue weighted by Crippen LogP contribution is 2.38. The first-order valence-electron chi connectivity index (χ1n) is 3.24. The van der Waals surface area contributed by atoms with Gasteiger partial charge in [-0.3, -0.25) is 0 Å². The monoisotopic (exact) mass is 180 g/mol. The molecule has 0 saturated carbocycles. The maximum Gasteiger partial charge on any atom is 0.0803 e. The van der Waals surface area contributed by atoms with Gasteiger partial charge in [-0.15, -0.1) is 35.4 Å². The van der Waals surface area contributed by atoms with Crippen molar-refractivity contribution in [3.8, 4) is 23.7 Å². The fraction of sp³-hybridized carbons (Fsp3) is 0.333. The van der Waals surface area contributed by atoms with E-state index in [9.17, 15) is 0 Å². The molecule has 0 bridgehead atoms. The zero-order valence-electron chi connectivity index (χ0n) is 6.52. The molecule has 0 aliphatic carbocycles. The predicted octanol–water partition coefficient (Wildman–Crippen LogP) is 2.68. The van der Waals surface area contributed by atoms with Crippen LogP contribution in [0.2, 0.25) is 0 Å². The average molecular weight is 180 g/mol. The molecule has 0 N–H and O–H groups in total. The lowest BCUT2D eigenvalue weighted by Gasteiger charge is -1.85. The first kappa shape index (κ1) is 8.65. The third kappa shape index (κ3) is 2.26. The SMILES string of the molecule is CC#CC1=C(C#CC)SCS1. The molecule has 0 radical (unpaired) electrons. The second-order valence-corrected chi connectivity index (χ2v) is 4.15. The first-order chi connectivity index (χ1) is 5.38. The van der Waals surface area contributed by atoms with Gasteiger partial charge in [0, 0.05) is 0 Å². The Morgan fingerprint density at radius 3 is 1.82 bits per heavy atom. The Balaban J connectivity index is 2.89. The number of hydrogen-bond donors (Lipinski definition) is 0. The molecule has 1 aliphatic heterocycles. The van der Waals surface area contributed by atoms with Crippen LogP contribution in [0.4, 0.5) is 0 Å². The molecule has 0 aromatic carbocycles. The van der Waals surface area contributed by atoms with Gasteiger partial charge in [-0.25, -0.2) is 0 Å². The minimum Gasteiger partial charge on any atom is -0.104 e. The van der Waals surface area contributed by atoms with Crippen molar-refractivity contribution >= 4 is 23.5 Å². The van der Waals surface area contributed by atoms with Crippen molar-refractivity contribution in [3.05, 3.63) is 9.81 Å². The molecule has 0 nitrogen and oxygen atoms in total. The highest BCUT2D eigenvalue weighted by Gasteiger charge is 2.11. The molecule has 0 aromatic rings. The molecule has 2 heteroatoms. The van der Waals surface area contributed by atoms with E-state index in [1.807, 2.05) is 13.8 Å². The van der Waals surface area contributed by atoms with E-state index in [-0.39, 0.29) is 0 Å². The second kappa shape index (κ2) is 4.44. The molecule has 0 amide bonds. The van der Waals surface area contributed by atoms with Crippen LogP contribution < -0.4 is 0 Å². The van der Waals surface area contributed by atoms with Crippen LogP contribution in [-0.4, -0.2) is 5.08 Å². The Morgan fingerprint density at radius 1 is 1.00 bits per heavy atom. The lowest BCUT2D eigenvalue weighted by molar-refractivity contribution is 1.86. The van der Waals surface area contributed by atoms with Crippen molar-refractivity contribution in [2.24, 2.45) is 0 Å². The number of hydrogen-bond acceptors (Lipinski definition) is 2. The van der Waals surface area contributed by atoms with Gasteiger partial charge in [0.1, 0.15) is 0 Å². The molecule has 56 valence electrons. The predicted molar refractivity (Wildman–Crippen MR) is 54.0 cm³/mol. The lowest BCUT2D eigenvalue weighted by Crippen LogP contribution is -1.69. The molecular weight excluding hydrogens is 172 g/mol. The summed E-state index contributed by atoms with van der Waals surface area (Å²) in [5.74, 6) is 11.9. The van der Waals surface area contributed by atoms with Gasteiger partial charge in [-0.2, -0.15) is 0 Å². The molecule has 0 fully saturated rings. The molecule has 0 unspecified atom stereocenters. The Bertz CT molecular complexity index is 261. The topological polar surface area (TPSA) is 0 Å². The van der Waals surface area contributed by atoms with Gasteiger partial charge in [-0.1, -0.05) is 11.8 Å². The lowest BCUT2D eigenvalue weighted by atomic mass is 10.4. The maximum atomic E-state index is 3.05. The van der Waals surface area contributed by atoms with Crippen LogP contribution in [0.25, 0.3) is 0 Å². The summed E-state index contributed by atoms with van der Waals surface area (Å²) < 4.78 is 0. The van der Waals surface area contributed by atoms with Crippen LogP contribution in [0.3, 0.4) is 0 Å². The quantitative estimate of drug-likeness (QED) is 0.526. The Hall–Kier alpha value is -0.440. The molecule has 0 atom stereocenters. The summed E-state index contributed by atoms with van der Waals surface area (Å²) >= 11 is 3.56. The summed E-state index contributed by atoms with van der Waals surface area (Å²) in [6.07, 6.45) is 0. The van der Waals surface area contributed by atoms with Gasteiger partial charge in [0.05, 0.1) is 14.9 Å². The fourth-order valence-electron chi connectivity index (χ4n) is 0.691. The minimum atomic E-state index is 1.06. The van der Waals surface area contributed by atoms with Crippen LogP contribution in [0.5, 0.6) is 0 Å². The van der Waals surface area contributed by atoms with Crippen molar-refractivity contribution < 1.29 is 0 Å². The van der Waals surface area contributed by atoms with Gasteiger partial charge in [0.2, 0.25) is 0 Å². The molecule has 1 heterocycles. The summed E-state index contributed by atoms with van der Waals surface area (Å²) in [7, 11) is 0. The van der Waals surface area contributed by atoms with Gasteiger partial charge in [0.15, 0.2) is 0 Å². The maximum absolute atomic E-state index is 3.05. The van der Waals surface area contributed by atoms with Gasteiger partial charge in [-0.05, 0) is 13.8 Å². The largest absolute Gasteiger partial charge is 0.104 e. The van der Waals surface area contributed by atoms with Crippen LogP contribution in [0.1, 0.15) is 13.8 Å². The van der Waals surface area contributed by atoms with E-state index in [0.29, 0.717) is 0 Å². The van der Waals surface area contributed by atoms with Crippen molar-refractivity contribution in [2.45, 2.75) is 13.8 Å².